The minimum Gasteiger partial charge on any atom is -0.428 e. The van der Waals surface area contributed by atoms with E-state index in [1.807, 2.05) is 24.3 Å². The molecule has 3 aromatic rings. The van der Waals surface area contributed by atoms with Crippen LogP contribution in [0, 0.1) is 0 Å². The normalized spacial score (nSPS) is 15.2. The molecule has 2 heterocycles. The molecule has 0 saturated heterocycles. The summed E-state index contributed by atoms with van der Waals surface area (Å²) in [5.74, 6) is -1.25. The van der Waals surface area contributed by atoms with Crippen molar-refractivity contribution in [3.8, 4) is 0 Å². The summed E-state index contributed by atoms with van der Waals surface area (Å²) in [4.78, 5) is 61.3. The van der Waals surface area contributed by atoms with E-state index in [2.05, 4.69) is 15.3 Å². The third-order valence-electron chi connectivity index (χ3n) is 6.72. The van der Waals surface area contributed by atoms with E-state index in [1.165, 1.54) is 25.9 Å². The maximum atomic E-state index is 13.2. The Morgan fingerprint density at radius 3 is 2.62 bits per heavy atom. The number of para-hydroxylation sites is 2. The van der Waals surface area contributed by atoms with Gasteiger partial charge in [0, 0.05) is 39.0 Å². The van der Waals surface area contributed by atoms with Gasteiger partial charge >= 0.3 is 11.9 Å². The van der Waals surface area contributed by atoms with Crippen LogP contribution >= 0.6 is 0 Å². The molecule has 0 radical (unpaired) electrons. The number of nitrogens with one attached hydrogen (secondary N) is 2. The number of aromatic nitrogens is 2. The van der Waals surface area contributed by atoms with E-state index >= 15 is 0 Å². The number of methoxy groups -OCH3 is 1. The first kappa shape index (κ1) is 28.6. The molecular weight excluding hydrogens is 518 g/mol. The number of hydrogen-bond donors (Lipinski definition) is 2. The Labute approximate surface area is 231 Å². The second kappa shape index (κ2) is 11.7. The lowest BCUT2D eigenvalue weighted by Crippen LogP contribution is -2.40. The zero-order valence-corrected chi connectivity index (χ0v) is 23.1. The molecule has 0 aliphatic carbocycles. The van der Waals surface area contributed by atoms with Gasteiger partial charge in [0.2, 0.25) is 12.7 Å². The maximum Gasteiger partial charge on any atom is 0.340 e. The smallest absolute Gasteiger partial charge is 0.340 e. The number of anilines is 1. The Morgan fingerprint density at radius 1 is 1.15 bits per heavy atom. The fourth-order valence-electron chi connectivity index (χ4n) is 4.21. The summed E-state index contributed by atoms with van der Waals surface area (Å²) in [7, 11) is 4.68. The number of benzene rings is 2. The minimum absolute atomic E-state index is 0.201. The van der Waals surface area contributed by atoms with Crippen LogP contribution < -0.4 is 5.32 Å². The first-order valence-corrected chi connectivity index (χ1v) is 12.7. The number of imidazole rings is 1. The summed E-state index contributed by atoms with van der Waals surface area (Å²) in [6.45, 7) is 2.99. The van der Waals surface area contributed by atoms with E-state index in [-0.39, 0.29) is 24.8 Å². The largest absolute Gasteiger partial charge is 0.428 e. The molecule has 12 nitrogen and oxygen atoms in total. The monoisotopic (exact) mass is 551 g/mol. The summed E-state index contributed by atoms with van der Waals surface area (Å²) in [5.41, 5.74) is 2.36. The van der Waals surface area contributed by atoms with E-state index in [9.17, 15) is 19.2 Å². The summed E-state index contributed by atoms with van der Waals surface area (Å²) in [6, 6.07) is 11.9. The van der Waals surface area contributed by atoms with Crippen molar-refractivity contribution in [2.24, 2.45) is 0 Å². The lowest BCUT2D eigenvalue weighted by molar-refractivity contribution is -0.181. The molecule has 0 bridgehead atoms. The average molecular weight is 552 g/mol. The van der Waals surface area contributed by atoms with Crippen molar-refractivity contribution in [3.63, 3.8) is 0 Å². The number of likely N-dealkylation sites (N-methyl/N-ethyl adjacent to an activating group) is 1. The Bertz CT molecular complexity index is 1400. The van der Waals surface area contributed by atoms with Crippen molar-refractivity contribution in [1.29, 1.82) is 0 Å². The van der Waals surface area contributed by atoms with Gasteiger partial charge in [-0.2, -0.15) is 0 Å². The summed E-state index contributed by atoms with van der Waals surface area (Å²) >= 11 is 0. The molecule has 2 aromatic carbocycles. The number of fused-ring (bicyclic) bond motifs is 2. The molecule has 1 aliphatic rings. The molecule has 1 aromatic heterocycles. The third-order valence-corrected chi connectivity index (χ3v) is 6.72. The number of H-pyrrole nitrogens is 1. The van der Waals surface area contributed by atoms with Crippen LogP contribution in [0.1, 0.15) is 42.0 Å². The molecule has 2 N–H and O–H groups in total. The number of amides is 2. The van der Waals surface area contributed by atoms with Gasteiger partial charge in [0.15, 0.2) is 5.60 Å². The molecule has 0 saturated carbocycles. The predicted molar refractivity (Wildman–Crippen MR) is 145 cm³/mol. The standard InChI is InChI=1S/C28H33N5O7/c1-28(2,38-5)27(37)40-16-39-24(34)13-22-26(36)32(3)14-18-12-17(10-11-19(18)29-22)25(35)33(4)15-23-30-20-8-6-7-9-21(20)31-23/h6-12,22,29H,13-16H2,1-5H3,(H,30,31)/t22-/m0/s1. The van der Waals surface area contributed by atoms with Crippen LogP contribution in [0.2, 0.25) is 0 Å². The van der Waals surface area contributed by atoms with E-state index in [0.29, 0.717) is 23.6 Å². The molecule has 12 heteroatoms. The topological polar surface area (TPSA) is 143 Å². The van der Waals surface area contributed by atoms with E-state index in [1.54, 1.807) is 37.2 Å². The number of hydrogen-bond acceptors (Lipinski definition) is 9. The highest BCUT2D eigenvalue weighted by atomic mass is 16.7. The van der Waals surface area contributed by atoms with Crippen LogP contribution in [0.3, 0.4) is 0 Å². The molecule has 1 atom stereocenters. The lowest BCUT2D eigenvalue weighted by atomic mass is 10.1. The molecule has 4 rings (SSSR count). The van der Waals surface area contributed by atoms with Crippen molar-refractivity contribution < 1.29 is 33.4 Å². The number of esters is 2. The number of ether oxygens (including phenoxy) is 3. The Kier molecular flexibility index (Phi) is 8.38. The lowest BCUT2D eigenvalue weighted by Gasteiger charge is -2.21. The SMILES string of the molecule is COC(C)(C)C(=O)OCOC(=O)C[C@@H]1Nc2ccc(C(=O)N(C)Cc3nc4ccccc4[nH]3)cc2CN(C)C1=O. The highest BCUT2D eigenvalue weighted by Crippen LogP contribution is 2.26. The van der Waals surface area contributed by atoms with Gasteiger partial charge in [-0.1, -0.05) is 12.1 Å². The Morgan fingerprint density at radius 2 is 1.90 bits per heavy atom. The highest BCUT2D eigenvalue weighted by molar-refractivity contribution is 5.96. The zero-order chi connectivity index (χ0) is 29.0. The maximum absolute atomic E-state index is 13.2. The Hall–Kier alpha value is -4.45. The van der Waals surface area contributed by atoms with Crippen molar-refractivity contribution in [1.82, 2.24) is 19.8 Å². The van der Waals surface area contributed by atoms with Gasteiger partial charge in [-0.05, 0) is 49.7 Å². The number of rotatable bonds is 9. The van der Waals surface area contributed by atoms with Gasteiger partial charge in [-0.3, -0.25) is 14.4 Å². The fraction of sp³-hybridized carbons (Fsp3) is 0.393. The van der Waals surface area contributed by atoms with Gasteiger partial charge in [-0.25, -0.2) is 9.78 Å². The van der Waals surface area contributed by atoms with Crippen LogP contribution in [-0.2, 0) is 41.7 Å². The van der Waals surface area contributed by atoms with Crippen molar-refractivity contribution in [2.75, 3.05) is 33.3 Å². The van der Waals surface area contributed by atoms with Crippen LogP contribution in [0.25, 0.3) is 11.0 Å². The molecule has 0 fully saturated rings. The van der Waals surface area contributed by atoms with Gasteiger partial charge in [0.05, 0.1) is 24.0 Å². The summed E-state index contributed by atoms with van der Waals surface area (Å²) in [5, 5.41) is 3.09. The molecule has 1 aliphatic heterocycles. The van der Waals surface area contributed by atoms with Gasteiger partial charge in [0.1, 0.15) is 11.9 Å². The summed E-state index contributed by atoms with van der Waals surface area (Å²) in [6.07, 6.45) is -0.283. The van der Waals surface area contributed by atoms with Crippen molar-refractivity contribution >= 4 is 40.5 Å². The van der Waals surface area contributed by atoms with E-state index < -0.39 is 30.4 Å². The molecule has 0 unspecified atom stereocenters. The van der Waals surface area contributed by atoms with Crippen molar-refractivity contribution in [3.05, 3.63) is 59.4 Å². The Balaban J connectivity index is 1.39. The van der Waals surface area contributed by atoms with Crippen LogP contribution in [0.15, 0.2) is 42.5 Å². The molecule has 40 heavy (non-hydrogen) atoms. The van der Waals surface area contributed by atoms with Gasteiger partial charge in [0.25, 0.3) is 5.91 Å². The predicted octanol–water partition coefficient (Wildman–Crippen LogP) is 2.45. The zero-order valence-electron chi connectivity index (χ0n) is 23.1. The fourth-order valence-corrected chi connectivity index (χ4v) is 4.21. The van der Waals surface area contributed by atoms with Crippen LogP contribution in [-0.4, -0.2) is 83.2 Å². The molecule has 2 amide bonds. The first-order valence-electron chi connectivity index (χ1n) is 12.7. The third kappa shape index (κ3) is 6.40. The highest BCUT2D eigenvalue weighted by Gasteiger charge is 2.31. The van der Waals surface area contributed by atoms with E-state index in [4.69, 9.17) is 14.2 Å². The number of carbonyl (C=O) groups is 4. The first-order chi connectivity index (χ1) is 19.0. The van der Waals surface area contributed by atoms with E-state index in [0.717, 1.165) is 16.6 Å². The number of carbonyl (C=O) groups excluding carboxylic acids is 4. The molecule has 212 valence electrons. The quantitative estimate of drug-likeness (QED) is 0.303. The second-order valence-corrected chi connectivity index (χ2v) is 10.1. The van der Waals surface area contributed by atoms with Gasteiger partial charge < -0.3 is 34.3 Å². The number of aromatic amines is 1. The average Bonchev–Trinajstić information content (AvgIpc) is 3.29. The van der Waals surface area contributed by atoms with Crippen molar-refractivity contribution in [2.45, 2.75) is 45.0 Å². The minimum atomic E-state index is -1.18. The van der Waals surface area contributed by atoms with Crippen LogP contribution in [0.5, 0.6) is 0 Å². The molecule has 0 spiro atoms. The van der Waals surface area contributed by atoms with Crippen LogP contribution in [0.4, 0.5) is 5.69 Å². The second-order valence-electron chi connectivity index (χ2n) is 10.1. The number of nitrogens with zero attached hydrogens (tertiary/aromatic N) is 3. The van der Waals surface area contributed by atoms with Gasteiger partial charge in [-0.15, -0.1) is 0 Å². The summed E-state index contributed by atoms with van der Waals surface area (Å²) < 4.78 is 15.0. The molecular formula is C28H33N5O7.